The second-order valence-corrected chi connectivity index (χ2v) is 5.67. The number of aliphatic hydroxyl groups is 2. The lowest BCUT2D eigenvalue weighted by atomic mass is 9.75. The third-order valence-electron chi connectivity index (χ3n) is 3.97. The molecule has 0 saturated heterocycles. The molecule has 0 radical (unpaired) electrons. The van der Waals surface area contributed by atoms with Crippen molar-refractivity contribution in [2.45, 2.75) is 38.1 Å². The smallest absolute Gasteiger partial charge is 0.343 e. The standard InChI is InChI=1S/C15H16O5/c1-7-3-8-9-5-10(16)12(18)6-15(9,2)20-14(19)13(8)11(17)4-7/h3-5,10,12,16-18H,6H2,1-2H3/t10-,12+,15+/m1/s1. The minimum absolute atomic E-state index is 0.114. The summed E-state index contributed by atoms with van der Waals surface area (Å²) in [6.07, 6.45) is -0.361. The largest absolute Gasteiger partial charge is 0.507 e. The first-order chi connectivity index (χ1) is 9.32. The molecule has 1 heterocycles. The number of hydrogen-bond acceptors (Lipinski definition) is 5. The van der Waals surface area contributed by atoms with Crippen molar-refractivity contribution >= 4 is 11.5 Å². The van der Waals surface area contributed by atoms with Crippen molar-refractivity contribution in [1.82, 2.24) is 0 Å². The Bertz CT molecular complexity index is 633. The van der Waals surface area contributed by atoms with E-state index in [9.17, 15) is 20.1 Å². The number of phenols is 1. The molecule has 1 aliphatic carbocycles. The molecular formula is C15H16O5. The van der Waals surface area contributed by atoms with Gasteiger partial charge in [0.2, 0.25) is 0 Å². The molecule has 1 aliphatic heterocycles. The molecule has 0 bridgehead atoms. The van der Waals surface area contributed by atoms with E-state index >= 15 is 0 Å². The molecule has 3 atom stereocenters. The van der Waals surface area contributed by atoms with Gasteiger partial charge in [-0.05, 0) is 37.1 Å². The van der Waals surface area contributed by atoms with Gasteiger partial charge >= 0.3 is 5.97 Å². The van der Waals surface area contributed by atoms with Crippen LogP contribution in [-0.4, -0.2) is 39.1 Å². The second kappa shape index (κ2) is 4.07. The number of aryl methyl sites for hydroxylation is 1. The van der Waals surface area contributed by atoms with E-state index in [1.165, 1.54) is 12.1 Å². The van der Waals surface area contributed by atoms with Crippen molar-refractivity contribution in [3.63, 3.8) is 0 Å². The van der Waals surface area contributed by atoms with Gasteiger partial charge in [0.05, 0.1) is 12.2 Å². The van der Waals surface area contributed by atoms with Crippen LogP contribution in [0.25, 0.3) is 5.57 Å². The molecule has 0 spiro atoms. The summed E-state index contributed by atoms with van der Waals surface area (Å²) in [5, 5.41) is 29.6. The molecule has 20 heavy (non-hydrogen) atoms. The Morgan fingerprint density at radius 2 is 2.05 bits per heavy atom. The van der Waals surface area contributed by atoms with Gasteiger partial charge in [0.25, 0.3) is 0 Å². The molecule has 0 aromatic heterocycles. The predicted molar refractivity (Wildman–Crippen MR) is 71.3 cm³/mol. The quantitative estimate of drug-likeness (QED) is 0.618. The first-order valence-electron chi connectivity index (χ1n) is 6.47. The molecule has 0 saturated carbocycles. The Morgan fingerprint density at radius 3 is 2.75 bits per heavy atom. The molecule has 1 aromatic rings. The lowest BCUT2D eigenvalue weighted by Crippen LogP contribution is -2.47. The summed E-state index contributed by atoms with van der Waals surface area (Å²) in [5.74, 6) is -0.741. The maximum absolute atomic E-state index is 12.1. The summed E-state index contributed by atoms with van der Waals surface area (Å²) in [5.41, 5.74) is 1.13. The molecule has 2 aliphatic rings. The Balaban J connectivity index is 2.28. The van der Waals surface area contributed by atoms with Crippen LogP contribution in [0, 0.1) is 6.92 Å². The van der Waals surface area contributed by atoms with Crippen LogP contribution >= 0.6 is 0 Å². The van der Waals surface area contributed by atoms with Gasteiger partial charge in [-0.25, -0.2) is 4.79 Å². The number of fused-ring (bicyclic) bond motifs is 3. The van der Waals surface area contributed by atoms with Crippen molar-refractivity contribution in [3.8, 4) is 5.75 Å². The zero-order valence-corrected chi connectivity index (χ0v) is 11.3. The molecule has 0 unspecified atom stereocenters. The number of ether oxygens (including phenoxy) is 1. The van der Waals surface area contributed by atoms with Gasteiger partial charge in [-0.15, -0.1) is 0 Å². The van der Waals surface area contributed by atoms with E-state index in [0.29, 0.717) is 11.1 Å². The Labute approximate surface area is 116 Å². The molecule has 3 rings (SSSR count). The van der Waals surface area contributed by atoms with Gasteiger partial charge in [-0.1, -0.05) is 6.07 Å². The monoisotopic (exact) mass is 276 g/mol. The fraction of sp³-hybridized carbons (Fsp3) is 0.400. The van der Waals surface area contributed by atoms with Crippen molar-refractivity contribution in [2.24, 2.45) is 0 Å². The van der Waals surface area contributed by atoms with E-state index in [0.717, 1.165) is 5.56 Å². The number of carbonyl (C=O) groups is 1. The highest BCUT2D eigenvalue weighted by molar-refractivity contribution is 6.03. The average Bonchev–Trinajstić information content (AvgIpc) is 2.31. The van der Waals surface area contributed by atoms with Gasteiger partial charge in [-0.3, -0.25) is 0 Å². The van der Waals surface area contributed by atoms with Crippen LogP contribution in [0.15, 0.2) is 18.2 Å². The molecule has 5 nitrogen and oxygen atoms in total. The molecule has 0 amide bonds. The fourth-order valence-electron chi connectivity index (χ4n) is 3.01. The number of aliphatic hydroxyl groups excluding tert-OH is 2. The van der Waals surface area contributed by atoms with Crippen molar-refractivity contribution < 1.29 is 24.9 Å². The third-order valence-corrected chi connectivity index (χ3v) is 3.97. The van der Waals surface area contributed by atoms with Crippen LogP contribution in [0.2, 0.25) is 0 Å². The van der Waals surface area contributed by atoms with Crippen LogP contribution in [0.4, 0.5) is 0 Å². The van der Waals surface area contributed by atoms with E-state index in [2.05, 4.69) is 0 Å². The summed E-state index contributed by atoms with van der Waals surface area (Å²) < 4.78 is 5.41. The van der Waals surface area contributed by atoms with E-state index < -0.39 is 23.8 Å². The average molecular weight is 276 g/mol. The van der Waals surface area contributed by atoms with E-state index in [4.69, 9.17) is 4.74 Å². The number of esters is 1. The SMILES string of the molecule is Cc1cc(O)c2c(c1)C1=C[C@@H](O)[C@@H](O)C[C@]1(C)OC2=O. The Kier molecular flexibility index (Phi) is 2.68. The second-order valence-electron chi connectivity index (χ2n) is 5.67. The highest BCUT2D eigenvalue weighted by atomic mass is 16.6. The summed E-state index contributed by atoms with van der Waals surface area (Å²) in [6.45, 7) is 3.51. The number of aromatic hydroxyl groups is 1. The minimum atomic E-state index is -1.01. The maximum Gasteiger partial charge on any atom is 0.343 e. The topological polar surface area (TPSA) is 87.0 Å². The highest BCUT2D eigenvalue weighted by Crippen LogP contribution is 2.46. The van der Waals surface area contributed by atoms with Gasteiger partial charge in [0, 0.05) is 12.0 Å². The van der Waals surface area contributed by atoms with Gasteiger partial charge in [0.1, 0.15) is 16.9 Å². The molecular weight excluding hydrogens is 260 g/mol. The van der Waals surface area contributed by atoms with Crippen LogP contribution < -0.4 is 0 Å². The van der Waals surface area contributed by atoms with Crippen LogP contribution in [0.5, 0.6) is 5.75 Å². The number of hydrogen-bond donors (Lipinski definition) is 3. The number of carbonyl (C=O) groups excluding carboxylic acids is 1. The molecule has 1 aromatic carbocycles. The third kappa shape index (κ3) is 1.74. The normalized spacial score (nSPS) is 32.0. The maximum atomic E-state index is 12.1. The molecule has 5 heteroatoms. The molecule has 3 N–H and O–H groups in total. The minimum Gasteiger partial charge on any atom is -0.507 e. The lowest BCUT2D eigenvalue weighted by Gasteiger charge is -2.42. The Morgan fingerprint density at radius 1 is 1.35 bits per heavy atom. The zero-order valence-electron chi connectivity index (χ0n) is 11.3. The number of benzene rings is 1. The van der Waals surface area contributed by atoms with Crippen LogP contribution in [-0.2, 0) is 4.74 Å². The lowest BCUT2D eigenvalue weighted by molar-refractivity contribution is -0.0387. The zero-order chi connectivity index (χ0) is 14.7. The summed E-state index contributed by atoms with van der Waals surface area (Å²) >= 11 is 0. The predicted octanol–water partition coefficient (Wildman–Crippen LogP) is 1.14. The fourth-order valence-corrected chi connectivity index (χ4v) is 3.01. The Hall–Kier alpha value is -1.85. The van der Waals surface area contributed by atoms with Crippen molar-refractivity contribution in [2.75, 3.05) is 0 Å². The first kappa shape index (κ1) is 13.1. The van der Waals surface area contributed by atoms with Crippen LogP contribution in [0.3, 0.4) is 0 Å². The summed E-state index contributed by atoms with van der Waals surface area (Å²) in [6, 6.07) is 3.28. The van der Waals surface area contributed by atoms with Gasteiger partial charge in [0.15, 0.2) is 0 Å². The highest BCUT2D eigenvalue weighted by Gasteiger charge is 2.47. The van der Waals surface area contributed by atoms with Gasteiger partial charge in [-0.2, -0.15) is 0 Å². The molecule has 0 fully saturated rings. The number of phenolic OH excluding ortho intramolecular Hbond substituents is 1. The van der Waals surface area contributed by atoms with Crippen LogP contribution in [0.1, 0.15) is 34.8 Å². The van der Waals surface area contributed by atoms with Crippen molar-refractivity contribution in [1.29, 1.82) is 0 Å². The summed E-state index contributed by atoms with van der Waals surface area (Å²) in [4.78, 5) is 12.1. The first-order valence-corrected chi connectivity index (χ1v) is 6.47. The van der Waals surface area contributed by atoms with E-state index in [-0.39, 0.29) is 17.7 Å². The van der Waals surface area contributed by atoms with Crippen molar-refractivity contribution in [3.05, 3.63) is 34.9 Å². The van der Waals surface area contributed by atoms with Gasteiger partial charge < -0.3 is 20.1 Å². The molecule has 106 valence electrons. The van der Waals surface area contributed by atoms with E-state index in [1.807, 2.05) is 6.92 Å². The number of rotatable bonds is 0. The summed E-state index contributed by atoms with van der Waals surface area (Å²) in [7, 11) is 0. The van der Waals surface area contributed by atoms with E-state index in [1.54, 1.807) is 13.0 Å².